The molecule has 0 radical (unpaired) electrons. The molecule has 1 saturated carbocycles. The largest absolute Gasteiger partial charge is 0.294 e. The molecule has 0 saturated heterocycles. The Morgan fingerprint density at radius 2 is 1.76 bits per heavy atom. The van der Waals surface area contributed by atoms with Crippen LogP contribution < -0.4 is 0 Å². The Morgan fingerprint density at radius 1 is 1.05 bits per heavy atom. The lowest BCUT2D eigenvalue weighted by atomic mass is 9.92. The zero-order chi connectivity index (χ0) is 14.6. The molecule has 106 valence electrons. The first-order valence-electron chi connectivity index (χ1n) is 7.23. The molecule has 0 aromatic heterocycles. The minimum Gasteiger partial charge on any atom is -0.294 e. The molecule has 0 aliphatic heterocycles. The van der Waals surface area contributed by atoms with Gasteiger partial charge in [0.1, 0.15) is 11.6 Å². The van der Waals surface area contributed by atoms with E-state index in [0.29, 0.717) is 5.92 Å². The Morgan fingerprint density at radius 3 is 2.52 bits per heavy atom. The highest BCUT2D eigenvalue weighted by Crippen LogP contribution is 2.60. The summed E-state index contributed by atoms with van der Waals surface area (Å²) < 4.78 is 26.6. The number of ketones is 1. The predicted octanol–water partition coefficient (Wildman–Crippen LogP) is 4.12. The van der Waals surface area contributed by atoms with Gasteiger partial charge in [-0.15, -0.1) is 0 Å². The fourth-order valence-corrected chi connectivity index (χ4v) is 3.81. The highest BCUT2D eigenvalue weighted by atomic mass is 19.1. The van der Waals surface area contributed by atoms with Gasteiger partial charge in [0.2, 0.25) is 0 Å². The van der Waals surface area contributed by atoms with E-state index in [9.17, 15) is 13.6 Å². The number of hydrogen-bond acceptors (Lipinski definition) is 1. The zero-order valence-corrected chi connectivity index (χ0v) is 11.4. The number of aryl methyl sites for hydroxylation is 1. The van der Waals surface area contributed by atoms with Gasteiger partial charge in [-0.25, -0.2) is 8.78 Å². The van der Waals surface area contributed by atoms with Crippen LogP contribution in [0, 0.1) is 23.5 Å². The third-order valence-electron chi connectivity index (χ3n) is 4.78. The molecule has 0 amide bonds. The van der Waals surface area contributed by atoms with Crippen molar-refractivity contribution in [1.29, 1.82) is 0 Å². The van der Waals surface area contributed by atoms with Crippen LogP contribution in [0.3, 0.4) is 0 Å². The minimum atomic E-state index is -0.692. The Kier molecular flexibility index (Phi) is 2.71. The van der Waals surface area contributed by atoms with E-state index >= 15 is 0 Å². The number of halogens is 2. The second-order valence-electron chi connectivity index (χ2n) is 5.98. The summed E-state index contributed by atoms with van der Waals surface area (Å²) in [5.41, 5.74) is 2.70. The number of fused-ring (bicyclic) bond motifs is 3. The molecule has 3 heteroatoms. The SMILES string of the molecule is O=C(c1cc(F)cc(F)c1)C1C2CCc3ccccc3C21. The number of benzene rings is 2. The van der Waals surface area contributed by atoms with E-state index in [2.05, 4.69) is 12.1 Å². The second-order valence-corrected chi connectivity index (χ2v) is 5.98. The van der Waals surface area contributed by atoms with Crippen molar-refractivity contribution >= 4 is 5.78 Å². The lowest BCUT2D eigenvalue weighted by Crippen LogP contribution is -2.05. The van der Waals surface area contributed by atoms with E-state index < -0.39 is 11.6 Å². The first kappa shape index (κ1) is 12.7. The van der Waals surface area contributed by atoms with Gasteiger partial charge in [-0.3, -0.25) is 4.79 Å². The molecule has 3 unspecified atom stereocenters. The van der Waals surface area contributed by atoms with E-state index in [4.69, 9.17) is 0 Å². The Hall–Kier alpha value is -2.03. The van der Waals surface area contributed by atoms with Crippen LogP contribution in [0.1, 0.15) is 33.8 Å². The fourth-order valence-electron chi connectivity index (χ4n) is 3.81. The number of Topliss-reactive ketones (excluding diaryl/α,β-unsaturated/α-hetero) is 1. The summed E-state index contributed by atoms with van der Waals surface area (Å²) in [6, 6.07) is 11.3. The standard InChI is InChI=1S/C18H14F2O/c19-12-7-11(8-13(20)9-12)18(21)17-15-6-5-10-3-1-2-4-14(10)16(15)17/h1-4,7-9,15-17H,5-6H2. The van der Waals surface area contributed by atoms with Crippen LogP contribution in [0.4, 0.5) is 8.78 Å². The van der Waals surface area contributed by atoms with Gasteiger partial charge < -0.3 is 0 Å². The molecule has 1 fully saturated rings. The third-order valence-corrected chi connectivity index (χ3v) is 4.78. The smallest absolute Gasteiger partial charge is 0.167 e. The van der Waals surface area contributed by atoms with E-state index in [1.165, 1.54) is 11.1 Å². The number of hydrogen-bond donors (Lipinski definition) is 0. The Bertz CT molecular complexity index is 717. The monoisotopic (exact) mass is 284 g/mol. The fraction of sp³-hybridized carbons (Fsp3) is 0.278. The Balaban J connectivity index is 1.66. The number of carbonyl (C=O) groups excluding carboxylic acids is 1. The summed E-state index contributed by atoms with van der Waals surface area (Å²) in [7, 11) is 0. The maximum Gasteiger partial charge on any atom is 0.167 e. The molecule has 21 heavy (non-hydrogen) atoms. The van der Waals surface area contributed by atoms with Crippen LogP contribution in [-0.4, -0.2) is 5.78 Å². The summed E-state index contributed by atoms with van der Waals surface area (Å²) in [5, 5.41) is 0. The summed E-state index contributed by atoms with van der Waals surface area (Å²) >= 11 is 0. The van der Waals surface area contributed by atoms with Crippen LogP contribution in [0.5, 0.6) is 0 Å². The maximum atomic E-state index is 13.3. The van der Waals surface area contributed by atoms with Crippen LogP contribution in [0.25, 0.3) is 0 Å². The molecule has 0 heterocycles. The molecule has 4 rings (SSSR count). The molecule has 2 aromatic rings. The average molecular weight is 284 g/mol. The van der Waals surface area contributed by atoms with Gasteiger partial charge in [-0.2, -0.15) is 0 Å². The summed E-state index contributed by atoms with van der Waals surface area (Å²) in [6.45, 7) is 0. The molecule has 0 spiro atoms. The van der Waals surface area contributed by atoms with Gasteiger partial charge >= 0.3 is 0 Å². The van der Waals surface area contributed by atoms with Gasteiger partial charge in [-0.05, 0) is 47.9 Å². The van der Waals surface area contributed by atoms with Crippen molar-refractivity contribution in [3.8, 4) is 0 Å². The Labute approximate surface area is 121 Å². The topological polar surface area (TPSA) is 17.1 Å². The van der Waals surface area contributed by atoms with E-state index in [1.54, 1.807) is 0 Å². The van der Waals surface area contributed by atoms with Crippen LogP contribution in [-0.2, 0) is 6.42 Å². The molecule has 0 N–H and O–H groups in total. The zero-order valence-electron chi connectivity index (χ0n) is 11.4. The second kappa shape index (κ2) is 4.48. The number of rotatable bonds is 2. The van der Waals surface area contributed by atoms with Crippen molar-refractivity contribution in [2.45, 2.75) is 18.8 Å². The van der Waals surface area contributed by atoms with Gasteiger partial charge in [0.05, 0.1) is 0 Å². The maximum absolute atomic E-state index is 13.3. The normalized spacial score (nSPS) is 25.9. The van der Waals surface area contributed by atoms with Crippen molar-refractivity contribution in [3.05, 3.63) is 70.8 Å². The quantitative estimate of drug-likeness (QED) is 0.758. The average Bonchev–Trinajstić information content (AvgIpc) is 3.20. The van der Waals surface area contributed by atoms with Gasteiger partial charge in [0, 0.05) is 17.5 Å². The molecule has 1 nitrogen and oxygen atoms in total. The highest BCUT2D eigenvalue weighted by molar-refractivity contribution is 6.01. The molecule has 2 aliphatic rings. The molecule has 2 aliphatic carbocycles. The van der Waals surface area contributed by atoms with Crippen molar-refractivity contribution in [2.75, 3.05) is 0 Å². The van der Waals surface area contributed by atoms with Crippen molar-refractivity contribution in [2.24, 2.45) is 11.8 Å². The van der Waals surface area contributed by atoms with Crippen molar-refractivity contribution in [3.63, 3.8) is 0 Å². The lowest BCUT2D eigenvalue weighted by Gasteiger charge is -2.13. The first-order chi connectivity index (χ1) is 10.1. The van der Waals surface area contributed by atoms with Gasteiger partial charge in [0.15, 0.2) is 5.78 Å². The predicted molar refractivity (Wildman–Crippen MR) is 75.2 cm³/mol. The van der Waals surface area contributed by atoms with Crippen molar-refractivity contribution < 1.29 is 13.6 Å². The van der Waals surface area contributed by atoms with E-state index in [-0.39, 0.29) is 23.2 Å². The highest BCUT2D eigenvalue weighted by Gasteiger charge is 2.56. The summed E-state index contributed by atoms with van der Waals surface area (Å²) in [4.78, 5) is 12.6. The molecule has 0 bridgehead atoms. The molecular weight excluding hydrogens is 270 g/mol. The molecule has 2 aromatic carbocycles. The number of carbonyl (C=O) groups is 1. The lowest BCUT2D eigenvalue weighted by molar-refractivity contribution is 0.0958. The summed E-state index contributed by atoms with van der Waals surface area (Å²) in [6.07, 6.45) is 1.97. The van der Waals surface area contributed by atoms with Crippen LogP contribution in [0.2, 0.25) is 0 Å². The third kappa shape index (κ3) is 1.99. The van der Waals surface area contributed by atoms with Gasteiger partial charge in [-0.1, -0.05) is 24.3 Å². The van der Waals surface area contributed by atoms with Crippen LogP contribution >= 0.6 is 0 Å². The van der Waals surface area contributed by atoms with Crippen LogP contribution in [0.15, 0.2) is 42.5 Å². The first-order valence-corrected chi connectivity index (χ1v) is 7.23. The van der Waals surface area contributed by atoms with Crippen molar-refractivity contribution in [1.82, 2.24) is 0 Å². The molecular formula is C18H14F2O. The summed E-state index contributed by atoms with van der Waals surface area (Å²) in [5.74, 6) is -1.06. The van der Waals surface area contributed by atoms with E-state index in [1.807, 2.05) is 12.1 Å². The van der Waals surface area contributed by atoms with Gasteiger partial charge in [0.25, 0.3) is 0 Å². The van der Waals surface area contributed by atoms with E-state index in [0.717, 1.165) is 31.0 Å². The molecule has 3 atom stereocenters. The minimum absolute atomic E-state index is 0.116.